The van der Waals surface area contributed by atoms with E-state index in [4.69, 9.17) is 9.84 Å². The van der Waals surface area contributed by atoms with E-state index >= 15 is 0 Å². The second kappa shape index (κ2) is 9.37. The van der Waals surface area contributed by atoms with Crippen LogP contribution in [0.3, 0.4) is 0 Å². The number of sulfone groups is 1. The Morgan fingerprint density at radius 3 is 2.19 bits per heavy atom. The van der Waals surface area contributed by atoms with Crippen LogP contribution in [-0.4, -0.2) is 24.6 Å². The van der Waals surface area contributed by atoms with Crippen molar-refractivity contribution in [1.82, 2.24) is 0 Å². The molecule has 0 aliphatic carbocycles. The number of carboxylic acids is 1. The summed E-state index contributed by atoms with van der Waals surface area (Å²) >= 11 is 6.75. The van der Waals surface area contributed by atoms with Crippen LogP contribution in [0.5, 0.6) is 17.2 Å². The van der Waals surface area contributed by atoms with Gasteiger partial charge in [-0.05, 0) is 92.4 Å². The highest BCUT2D eigenvalue weighted by Gasteiger charge is 2.23. The minimum Gasteiger partial charge on any atom is -0.507 e. The summed E-state index contributed by atoms with van der Waals surface area (Å²) in [5.41, 5.74) is 0.763. The van der Waals surface area contributed by atoms with Crippen molar-refractivity contribution in [2.75, 3.05) is 0 Å². The van der Waals surface area contributed by atoms with Crippen molar-refractivity contribution in [1.29, 1.82) is 0 Å². The average molecular weight is 574 g/mol. The van der Waals surface area contributed by atoms with Crippen LogP contribution in [0.15, 0.2) is 73.3 Å². The summed E-state index contributed by atoms with van der Waals surface area (Å²) in [6.07, 6.45) is 0.299. The van der Waals surface area contributed by atoms with Crippen LogP contribution in [0.1, 0.15) is 12.0 Å². The molecule has 0 saturated carbocycles. The standard InChI is InChI=1S/C21H15Br2FO6S/c22-16-9-12(1-8-20(26)27)10-17(23)21(16)30-14-4-7-18(25)19(11-14)31(28,29)15-5-2-13(24)3-6-15/h2-7,9-11,25H,1,8H2,(H,26,27). The van der Waals surface area contributed by atoms with E-state index in [1.54, 1.807) is 12.1 Å². The maximum Gasteiger partial charge on any atom is 0.303 e. The van der Waals surface area contributed by atoms with Gasteiger partial charge in [0, 0.05) is 12.5 Å². The van der Waals surface area contributed by atoms with Gasteiger partial charge >= 0.3 is 5.97 Å². The van der Waals surface area contributed by atoms with E-state index in [0.717, 1.165) is 29.8 Å². The number of carbonyl (C=O) groups is 1. The van der Waals surface area contributed by atoms with Gasteiger partial charge in [-0.3, -0.25) is 4.79 Å². The third-order valence-electron chi connectivity index (χ3n) is 4.25. The van der Waals surface area contributed by atoms with Crippen molar-refractivity contribution in [3.63, 3.8) is 0 Å². The lowest BCUT2D eigenvalue weighted by molar-refractivity contribution is -0.136. The van der Waals surface area contributed by atoms with Crippen LogP contribution >= 0.6 is 31.9 Å². The number of rotatable bonds is 7. The molecule has 0 bridgehead atoms. The number of phenolic OH excluding ortho intramolecular Hbond substituents is 1. The van der Waals surface area contributed by atoms with Crippen LogP contribution < -0.4 is 4.74 Å². The first kappa shape index (κ1) is 23.2. The van der Waals surface area contributed by atoms with Crippen molar-refractivity contribution < 1.29 is 32.6 Å². The summed E-state index contributed by atoms with van der Waals surface area (Å²) in [6, 6.07) is 11.4. The third-order valence-corrected chi connectivity index (χ3v) is 7.23. The van der Waals surface area contributed by atoms with E-state index in [-0.39, 0.29) is 22.0 Å². The number of aliphatic carboxylic acids is 1. The maximum absolute atomic E-state index is 13.2. The molecule has 10 heteroatoms. The van der Waals surface area contributed by atoms with E-state index in [1.165, 1.54) is 18.2 Å². The Hall–Kier alpha value is -2.43. The molecular weight excluding hydrogens is 559 g/mol. The number of carboxylic acid groups (broad SMARTS) is 1. The molecule has 0 atom stereocenters. The summed E-state index contributed by atoms with van der Waals surface area (Å²) < 4.78 is 45.8. The molecule has 6 nitrogen and oxygen atoms in total. The first-order chi connectivity index (χ1) is 14.6. The minimum absolute atomic E-state index is 0.0261. The Bertz CT molecular complexity index is 1220. The largest absolute Gasteiger partial charge is 0.507 e. The molecule has 2 N–H and O–H groups in total. The van der Waals surface area contributed by atoms with Gasteiger partial charge in [0.25, 0.3) is 0 Å². The lowest BCUT2D eigenvalue weighted by atomic mass is 10.1. The minimum atomic E-state index is -4.12. The van der Waals surface area contributed by atoms with Crippen molar-refractivity contribution in [3.8, 4) is 17.2 Å². The van der Waals surface area contributed by atoms with Crippen LogP contribution in [0.25, 0.3) is 0 Å². The van der Waals surface area contributed by atoms with Crippen LogP contribution in [0.2, 0.25) is 0 Å². The van der Waals surface area contributed by atoms with Gasteiger partial charge in [0.15, 0.2) is 5.75 Å². The average Bonchev–Trinajstić information content (AvgIpc) is 2.70. The molecule has 31 heavy (non-hydrogen) atoms. The first-order valence-electron chi connectivity index (χ1n) is 8.79. The molecule has 3 aromatic rings. The predicted molar refractivity (Wildman–Crippen MR) is 118 cm³/mol. The number of benzene rings is 3. The zero-order valence-corrected chi connectivity index (χ0v) is 19.7. The normalized spacial score (nSPS) is 11.3. The van der Waals surface area contributed by atoms with Gasteiger partial charge in [0.2, 0.25) is 9.84 Å². The van der Waals surface area contributed by atoms with Gasteiger partial charge in [-0.2, -0.15) is 0 Å². The summed E-state index contributed by atoms with van der Waals surface area (Å²) in [7, 11) is -4.12. The van der Waals surface area contributed by atoms with Gasteiger partial charge in [0.1, 0.15) is 22.2 Å². The van der Waals surface area contributed by atoms with Crippen molar-refractivity contribution in [3.05, 3.63) is 74.9 Å². The number of phenols is 1. The van der Waals surface area contributed by atoms with Crippen LogP contribution in [0, 0.1) is 5.82 Å². The molecule has 0 radical (unpaired) electrons. The number of ether oxygens (including phenoxy) is 1. The van der Waals surface area contributed by atoms with Crippen LogP contribution in [0.4, 0.5) is 4.39 Å². The Labute approximate surface area is 194 Å². The summed E-state index contributed by atoms with van der Waals surface area (Å²) in [4.78, 5) is 10.2. The molecule has 162 valence electrons. The van der Waals surface area contributed by atoms with E-state index in [9.17, 15) is 22.7 Å². The van der Waals surface area contributed by atoms with Gasteiger partial charge in [-0.1, -0.05) is 0 Å². The third kappa shape index (κ3) is 5.44. The highest BCUT2D eigenvalue weighted by atomic mass is 79.9. The Balaban J connectivity index is 1.94. The number of halogens is 3. The summed E-state index contributed by atoms with van der Waals surface area (Å²) in [5, 5.41) is 19.0. The number of aryl methyl sites for hydroxylation is 1. The molecule has 0 spiro atoms. The summed E-state index contributed by atoms with van der Waals surface area (Å²) in [5.74, 6) is -1.49. The molecule has 3 aromatic carbocycles. The highest BCUT2D eigenvalue weighted by molar-refractivity contribution is 9.11. The summed E-state index contributed by atoms with van der Waals surface area (Å²) in [6.45, 7) is 0. The lowest BCUT2D eigenvalue weighted by Gasteiger charge is -2.14. The number of hydrogen-bond donors (Lipinski definition) is 2. The second-order valence-electron chi connectivity index (χ2n) is 6.47. The maximum atomic E-state index is 13.2. The SMILES string of the molecule is O=C(O)CCc1cc(Br)c(Oc2ccc(O)c(S(=O)(=O)c3ccc(F)cc3)c2)c(Br)c1. The van der Waals surface area contributed by atoms with Gasteiger partial charge in [0.05, 0.1) is 13.8 Å². The van der Waals surface area contributed by atoms with Gasteiger partial charge < -0.3 is 14.9 Å². The Morgan fingerprint density at radius 2 is 1.61 bits per heavy atom. The zero-order chi connectivity index (χ0) is 22.8. The fourth-order valence-electron chi connectivity index (χ4n) is 2.74. The molecule has 0 heterocycles. The molecule has 0 saturated heterocycles. The smallest absolute Gasteiger partial charge is 0.303 e. The molecule has 3 rings (SSSR count). The number of aromatic hydroxyl groups is 1. The van der Waals surface area contributed by atoms with E-state index in [0.29, 0.717) is 21.1 Å². The van der Waals surface area contributed by atoms with Crippen LogP contribution in [-0.2, 0) is 21.1 Å². The topological polar surface area (TPSA) is 101 Å². The Morgan fingerprint density at radius 1 is 1.00 bits per heavy atom. The molecular formula is C21H15Br2FO6S. The quantitative estimate of drug-likeness (QED) is 0.352. The molecule has 0 aliphatic rings. The molecule has 0 unspecified atom stereocenters. The van der Waals surface area contributed by atoms with Crippen molar-refractivity contribution in [2.24, 2.45) is 0 Å². The van der Waals surface area contributed by atoms with Crippen molar-refractivity contribution >= 4 is 47.7 Å². The highest BCUT2D eigenvalue weighted by Crippen LogP contribution is 2.40. The van der Waals surface area contributed by atoms with Gasteiger partial charge in [-0.15, -0.1) is 0 Å². The lowest BCUT2D eigenvalue weighted by Crippen LogP contribution is -2.03. The molecule has 0 fully saturated rings. The van der Waals surface area contributed by atoms with Crippen molar-refractivity contribution in [2.45, 2.75) is 22.6 Å². The van der Waals surface area contributed by atoms with Gasteiger partial charge in [-0.25, -0.2) is 12.8 Å². The fourth-order valence-corrected chi connectivity index (χ4v) is 5.54. The molecule has 0 amide bonds. The monoisotopic (exact) mass is 572 g/mol. The fraction of sp³-hybridized carbons (Fsp3) is 0.0952. The Kier molecular flexibility index (Phi) is 7.03. The predicted octanol–water partition coefficient (Wildman–Crippen LogP) is 5.70. The second-order valence-corrected chi connectivity index (χ2v) is 10.1. The van der Waals surface area contributed by atoms with E-state index in [2.05, 4.69) is 31.9 Å². The molecule has 0 aromatic heterocycles. The zero-order valence-electron chi connectivity index (χ0n) is 15.7. The first-order valence-corrected chi connectivity index (χ1v) is 11.9. The van der Waals surface area contributed by atoms with E-state index < -0.39 is 27.4 Å². The number of hydrogen-bond acceptors (Lipinski definition) is 5. The van der Waals surface area contributed by atoms with E-state index in [1.807, 2.05) is 0 Å². The molecule has 0 aliphatic heterocycles.